The van der Waals surface area contributed by atoms with Crippen molar-refractivity contribution in [3.05, 3.63) is 65.5 Å². The molecule has 2 N–H and O–H groups in total. The number of likely N-dealkylation sites (N-methyl/N-ethyl adjacent to an activating group) is 1. The van der Waals surface area contributed by atoms with Gasteiger partial charge < -0.3 is 20.4 Å². The molecule has 0 saturated heterocycles. The van der Waals surface area contributed by atoms with Crippen molar-refractivity contribution in [1.82, 2.24) is 25.4 Å². The van der Waals surface area contributed by atoms with Gasteiger partial charge in [0.05, 0.1) is 13.1 Å². The predicted molar refractivity (Wildman–Crippen MR) is 123 cm³/mol. The molecule has 31 heavy (non-hydrogen) atoms. The Bertz CT molecular complexity index is 865. The highest BCUT2D eigenvalue weighted by atomic mass is 16.2. The fraction of sp³-hybridized carbons (Fsp3) is 0.391. The molecule has 0 bridgehead atoms. The van der Waals surface area contributed by atoms with Crippen LogP contribution in [-0.4, -0.2) is 73.3 Å². The number of guanidine groups is 1. The van der Waals surface area contributed by atoms with Crippen molar-refractivity contribution in [3.63, 3.8) is 0 Å². The molecule has 0 fully saturated rings. The van der Waals surface area contributed by atoms with E-state index in [2.05, 4.69) is 20.6 Å². The first kappa shape index (κ1) is 23.9. The lowest BCUT2D eigenvalue weighted by molar-refractivity contribution is -0.128. The van der Waals surface area contributed by atoms with Gasteiger partial charge in [-0.05, 0) is 36.8 Å². The summed E-state index contributed by atoms with van der Waals surface area (Å²) in [4.78, 5) is 36.5. The molecule has 166 valence electrons. The molecule has 0 aliphatic heterocycles. The van der Waals surface area contributed by atoms with E-state index in [1.165, 1.54) is 0 Å². The summed E-state index contributed by atoms with van der Waals surface area (Å²) in [5.41, 5.74) is 2.58. The fourth-order valence-electron chi connectivity index (χ4n) is 2.77. The van der Waals surface area contributed by atoms with Gasteiger partial charge in [-0.25, -0.2) is 4.99 Å². The molecule has 1 heterocycles. The number of benzene rings is 1. The van der Waals surface area contributed by atoms with Crippen molar-refractivity contribution < 1.29 is 9.59 Å². The van der Waals surface area contributed by atoms with Crippen LogP contribution in [0.2, 0.25) is 0 Å². The SMILES string of the molecule is CCNC(=NCc1ccc(C(=O)N(C)C)cc1)NCC(=O)N(C)CCc1ccccn1. The first-order valence-corrected chi connectivity index (χ1v) is 10.4. The third-order valence-corrected chi connectivity index (χ3v) is 4.63. The molecule has 8 heteroatoms. The normalized spacial score (nSPS) is 11.0. The highest BCUT2D eigenvalue weighted by Gasteiger charge is 2.10. The molecule has 8 nitrogen and oxygen atoms in total. The zero-order chi connectivity index (χ0) is 22.6. The minimum absolute atomic E-state index is 0.0203. The van der Waals surface area contributed by atoms with Gasteiger partial charge in [0, 0.05) is 58.1 Å². The highest BCUT2D eigenvalue weighted by molar-refractivity contribution is 5.93. The number of nitrogens with zero attached hydrogens (tertiary/aromatic N) is 4. The molecule has 0 aliphatic rings. The van der Waals surface area contributed by atoms with Gasteiger partial charge in [-0.3, -0.25) is 14.6 Å². The number of aliphatic imine (C=N–C) groups is 1. The second kappa shape index (κ2) is 12.3. The smallest absolute Gasteiger partial charge is 0.253 e. The van der Waals surface area contributed by atoms with Gasteiger partial charge in [0.25, 0.3) is 5.91 Å². The fourth-order valence-corrected chi connectivity index (χ4v) is 2.77. The predicted octanol–water partition coefficient (Wildman–Crippen LogP) is 1.54. The maximum absolute atomic E-state index is 12.4. The van der Waals surface area contributed by atoms with Crippen LogP contribution < -0.4 is 10.6 Å². The molecule has 0 spiro atoms. The summed E-state index contributed by atoms with van der Waals surface area (Å²) in [6.45, 7) is 3.85. The van der Waals surface area contributed by atoms with Crippen LogP contribution in [0.15, 0.2) is 53.7 Å². The molecule has 2 aromatic rings. The molecule has 0 radical (unpaired) electrons. The van der Waals surface area contributed by atoms with Crippen molar-refractivity contribution in [3.8, 4) is 0 Å². The topological polar surface area (TPSA) is 89.9 Å². The van der Waals surface area contributed by atoms with Gasteiger partial charge in [0.15, 0.2) is 5.96 Å². The van der Waals surface area contributed by atoms with Crippen molar-refractivity contribution >= 4 is 17.8 Å². The van der Waals surface area contributed by atoms with Gasteiger partial charge in [-0.1, -0.05) is 18.2 Å². The van der Waals surface area contributed by atoms with Crippen molar-refractivity contribution in [2.75, 3.05) is 40.8 Å². The lowest BCUT2D eigenvalue weighted by Gasteiger charge is -2.18. The molecule has 1 aromatic heterocycles. The molecular formula is C23H32N6O2. The summed E-state index contributed by atoms with van der Waals surface area (Å²) < 4.78 is 0. The first-order chi connectivity index (χ1) is 14.9. The van der Waals surface area contributed by atoms with E-state index in [4.69, 9.17) is 0 Å². The van der Waals surface area contributed by atoms with Crippen molar-refractivity contribution in [2.24, 2.45) is 4.99 Å². The van der Waals surface area contributed by atoms with Gasteiger partial charge in [-0.2, -0.15) is 0 Å². The van der Waals surface area contributed by atoms with Gasteiger partial charge in [0.1, 0.15) is 0 Å². The molecule has 0 unspecified atom stereocenters. The van der Waals surface area contributed by atoms with Crippen LogP contribution in [0, 0.1) is 0 Å². The summed E-state index contributed by atoms with van der Waals surface area (Å²) in [7, 11) is 5.24. The number of aromatic nitrogens is 1. The van der Waals surface area contributed by atoms with E-state index < -0.39 is 0 Å². The molecule has 1 aromatic carbocycles. The van der Waals surface area contributed by atoms with Crippen molar-refractivity contribution in [1.29, 1.82) is 0 Å². The standard InChI is InChI=1S/C23H32N6O2/c1-5-24-23(26-16-18-9-11-19(12-10-18)22(31)28(2)3)27-17-21(30)29(4)15-13-20-8-6-7-14-25-20/h6-12,14H,5,13,15-17H2,1-4H3,(H2,24,26,27). The maximum atomic E-state index is 12.4. The highest BCUT2D eigenvalue weighted by Crippen LogP contribution is 2.07. The van der Waals surface area contributed by atoms with Gasteiger partial charge in [0.2, 0.25) is 5.91 Å². The quantitative estimate of drug-likeness (QED) is 0.471. The van der Waals surface area contributed by atoms with E-state index in [0.717, 1.165) is 11.3 Å². The van der Waals surface area contributed by atoms with Crippen LogP contribution in [0.25, 0.3) is 0 Å². The molecule has 0 atom stereocenters. The summed E-state index contributed by atoms with van der Waals surface area (Å²) in [6, 6.07) is 13.2. The third-order valence-electron chi connectivity index (χ3n) is 4.63. The van der Waals surface area contributed by atoms with E-state index in [-0.39, 0.29) is 18.4 Å². The maximum Gasteiger partial charge on any atom is 0.253 e. The molecular weight excluding hydrogens is 392 g/mol. The second-order valence-electron chi connectivity index (χ2n) is 7.33. The summed E-state index contributed by atoms with van der Waals surface area (Å²) in [6.07, 6.45) is 2.47. The Labute approximate surface area is 184 Å². The zero-order valence-electron chi connectivity index (χ0n) is 18.8. The van der Waals surface area contributed by atoms with Crippen LogP contribution in [0.1, 0.15) is 28.5 Å². The summed E-state index contributed by atoms with van der Waals surface area (Å²) in [5.74, 6) is 0.520. The van der Waals surface area contributed by atoms with Crippen molar-refractivity contribution in [2.45, 2.75) is 19.9 Å². The lowest BCUT2D eigenvalue weighted by Crippen LogP contribution is -2.44. The summed E-state index contributed by atoms with van der Waals surface area (Å²) in [5, 5.41) is 6.23. The molecule has 0 saturated carbocycles. The second-order valence-corrected chi connectivity index (χ2v) is 7.33. The van der Waals surface area contributed by atoms with E-state index >= 15 is 0 Å². The summed E-state index contributed by atoms with van der Waals surface area (Å²) >= 11 is 0. The number of pyridine rings is 1. The third kappa shape index (κ3) is 8.08. The monoisotopic (exact) mass is 424 g/mol. The molecule has 0 aliphatic carbocycles. The van der Waals surface area contributed by atoms with Gasteiger partial charge in [-0.15, -0.1) is 0 Å². The number of carbonyl (C=O) groups excluding carboxylic acids is 2. The zero-order valence-corrected chi connectivity index (χ0v) is 18.8. The Kier molecular flexibility index (Phi) is 9.48. The van der Waals surface area contributed by atoms with Crippen LogP contribution in [0.5, 0.6) is 0 Å². The molecule has 2 rings (SSSR count). The molecule has 2 amide bonds. The Morgan fingerprint density at radius 3 is 2.39 bits per heavy atom. The van der Waals surface area contributed by atoms with E-state index in [1.807, 2.05) is 37.3 Å². The number of nitrogens with one attached hydrogen (secondary N) is 2. The largest absolute Gasteiger partial charge is 0.357 e. The van der Waals surface area contributed by atoms with E-state index in [1.54, 1.807) is 49.3 Å². The van der Waals surface area contributed by atoms with Crippen LogP contribution >= 0.6 is 0 Å². The van der Waals surface area contributed by atoms with Crippen LogP contribution in [0.3, 0.4) is 0 Å². The number of rotatable bonds is 9. The average Bonchev–Trinajstić information content (AvgIpc) is 2.79. The number of carbonyl (C=O) groups is 2. The number of hydrogen-bond donors (Lipinski definition) is 2. The average molecular weight is 425 g/mol. The van der Waals surface area contributed by atoms with Crippen LogP contribution in [-0.2, 0) is 17.8 Å². The van der Waals surface area contributed by atoms with E-state index in [0.29, 0.717) is 37.6 Å². The van der Waals surface area contributed by atoms with Gasteiger partial charge >= 0.3 is 0 Å². The first-order valence-electron chi connectivity index (χ1n) is 10.4. The number of hydrogen-bond acceptors (Lipinski definition) is 4. The van der Waals surface area contributed by atoms with E-state index in [9.17, 15) is 9.59 Å². The minimum Gasteiger partial charge on any atom is -0.357 e. The minimum atomic E-state index is -0.0317. The Morgan fingerprint density at radius 2 is 1.77 bits per heavy atom. The Balaban J connectivity index is 1.86. The Hall–Kier alpha value is -3.42. The lowest BCUT2D eigenvalue weighted by atomic mass is 10.1. The Morgan fingerprint density at radius 1 is 1.03 bits per heavy atom. The van der Waals surface area contributed by atoms with Crippen LogP contribution in [0.4, 0.5) is 0 Å². The number of amides is 2.